The first-order valence-corrected chi connectivity index (χ1v) is 5.68. The SMILES string of the molecule is Cc1cc(-c2ccc(C=O)cc2)cnc1Br. The third-order valence-corrected chi connectivity index (χ3v) is 3.22. The molecule has 0 spiro atoms. The van der Waals surface area contributed by atoms with Gasteiger partial charge in [-0.3, -0.25) is 4.79 Å². The van der Waals surface area contributed by atoms with Crippen molar-refractivity contribution in [1.29, 1.82) is 0 Å². The number of aryl methyl sites for hydroxylation is 1. The summed E-state index contributed by atoms with van der Waals surface area (Å²) in [4.78, 5) is 14.8. The molecule has 1 aromatic carbocycles. The van der Waals surface area contributed by atoms with Gasteiger partial charge >= 0.3 is 0 Å². The van der Waals surface area contributed by atoms with Crippen LogP contribution in [-0.2, 0) is 0 Å². The molecule has 2 rings (SSSR count). The number of halogens is 1. The smallest absolute Gasteiger partial charge is 0.150 e. The van der Waals surface area contributed by atoms with E-state index in [-0.39, 0.29) is 0 Å². The Bertz CT molecular complexity index is 520. The Hall–Kier alpha value is -1.48. The van der Waals surface area contributed by atoms with Gasteiger partial charge < -0.3 is 0 Å². The van der Waals surface area contributed by atoms with Crippen LogP contribution in [0.5, 0.6) is 0 Å². The van der Waals surface area contributed by atoms with Gasteiger partial charge in [0.25, 0.3) is 0 Å². The average molecular weight is 276 g/mol. The number of benzene rings is 1. The first-order chi connectivity index (χ1) is 7.70. The lowest BCUT2D eigenvalue weighted by Gasteiger charge is -2.04. The van der Waals surface area contributed by atoms with Crippen LogP contribution in [-0.4, -0.2) is 11.3 Å². The van der Waals surface area contributed by atoms with Crippen molar-refractivity contribution in [3.05, 3.63) is 52.3 Å². The number of rotatable bonds is 2. The highest BCUT2D eigenvalue weighted by molar-refractivity contribution is 9.10. The van der Waals surface area contributed by atoms with Crippen molar-refractivity contribution in [3.8, 4) is 11.1 Å². The lowest BCUT2D eigenvalue weighted by Crippen LogP contribution is -1.86. The van der Waals surface area contributed by atoms with Crippen LogP contribution in [0.4, 0.5) is 0 Å². The lowest BCUT2D eigenvalue weighted by atomic mass is 10.1. The Morgan fingerprint density at radius 3 is 2.44 bits per heavy atom. The number of carbonyl (C=O) groups is 1. The number of hydrogen-bond donors (Lipinski definition) is 0. The van der Waals surface area contributed by atoms with E-state index in [0.717, 1.165) is 27.6 Å². The molecule has 1 heterocycles. The summed E-state index contributed by atoms with van der Waals surface area (Å²) in [6.07, 6.45) is 2.65. The molecule has 80 valence electrons. The zero-order chi connectivity index (χ0) is 11.5. The van der Waals surface area contributed by atoms with Crippen molar-refractivity contribution in [2.75, 3.05) is 0 Å². The van der Waals surface area contributed by atoms with E-state index in [0.29, 0.717) is 5.56 Å². The van der Waals surface area contributed by atoms with Gasteiger partial charge in [0.1, 0.15) is 10.9 Å². The van der Waals surface area contributed by atoms with Crippen molar-refractivity contribution in [3.63, 3.8) is 0 Å². The van der Waals surface area contributed by atoms with Crippen molar-refractivity contribution >= 4 is 22.2 Å². The average Bonchev–Trinajstić information content (AvgIpc) is 2.33. The minimum absolute atomic E-state index is 0.686. The van der Waals surface area contributed by atoms with E-state index in [4.69, 9.17) is 0 Å². The number of aromatic nitrogens is 1. The Kier molecular flexibility index (Phi) is 3.15. The fourth-order valence-electron chi connectivity index (χ4n) is 1.47. The second-order valence-corrected chi connectivity index (χ2v) is 4.32. The molecule has 0 fully saturated rings. The van der Waals surface area contributed by atoms with Gasteiger partial charge in [-0.25, -0.2) is 4.98 Å². The second kappa shape index (κ2) is 4.58. The molecule has 0 saturated heterocycles. The molecule has 16 heavy (non-hydrogen) atoms. The van der Waals surface area contributed by atoms with Crippen LogP contribution in [0.2, 0.25) is 0 Å². The Morgan fingerprint density at radius 1 is 1.19 bits per heavy atom. The molecule has 0 bridgehead atoms. The van der Waals surface area contributed by atoms with E-state index < -0.39 is 0 Å². The van der Waals surface area contributed by atoms with Gasteiger partial charge in [-0.1, -0.05) is 24.3 Å². The third-order valence-electron chi connectivity index (χ3n) is 2.39. The van der Waals surface area contributed by atoms with Crippen LogP contribution in [0.3, 0.4) is 0 Å². The van der Waals surface area contributed by atoms with Gasteiger partial charge in [0.2, 0.25) is 0 Å². The summed E-state index contributed by atoms with van der Waals surface area (Å²) in [7, 11) is 0. The number of pyridine rings is 1. The quantitative estimate of drug-likeness (QED) is 0.619. The van der Waals surface area contributed by atoms with E-state index in [1.807, 2.05) is 25.3 Å². The maximum Gasteiger partial charge on any atom is 0.150 e. The summed E-state index contributed by atoms with van der Waals surface area (Å²) in [5, 5.41) is 0. The molecule has 0 N–H and O–H groups in total. The predicted molar refractivity (Wildman–Crippen MR) is 67.5 cm³/mol. The summed E-state index contributed by atoms with van der Waals surface area (Å²) in [6.45, 7) is 2.00. The molecule has 0 atom stereocenters. The minimum Gasteiger partial charge on any atom is -0.298 e. The Balaban J connectivity index is 2.42. The van der Waals surface area contributed by atoms with Crippen LogP contribution < -0.4 is 0 Å². The monoisotopic (exact) mass is 275 g/mol. The van der Waals surface area contributed by atoms with E-state index >= 15 is 0 Å². The molecule has 0 unspecified atom stereocenters. The second-order valence-electron chi connectivity index (χ2n) is 3.57. The summed E-state index contributed by atoms with van der Waals surface area (Å²) in [5.74, 6) is 0. The van der Waals surface area contributed by atoms with E-state index in [2.05, 4.69) is 27.0 Å². The molecule has 0 aliphatic rings. The highest BCUT2D eigenvalue weighted by Crippen LogP contribution is 2.22. The van der Waals surface area contributed by atoms with Gasteiger partial charge in [0.05, 0.1) is 0 Å². The Morgan fingerprint density at radius 2 is 1.88 bits per heavy atom. The van der Waals surface area contributed by atoms with Crippen molar-refractivity contribution in [1.82, 2.24) is 4.98 Å². The molecule has 2 aromatic rings. The van der Waals surface area contributed by atoms with Gasteiger partial charge in [-0.05, 0) is 40.0 Å². The van der Waals surface area contributed by atoms with E-state index in [1.54, 1.807) is 12.1 Å². The van der Waals surface area contributed by atoms with Crippen LogP contribution in [0, 0.1) is 6.92 Å². The first kappa shape index (κ1) is 11.0. The van der Waals surface area contributed by atoms with Gasteiger partial charge in [0, 0.05) is 17.3 Å². The molecule has 0 amide bonds. The standard InChI is InChI=1S/C13H10BrNO/c1-9-6-12(7-15-13(9)14)11-4-2-10(8-16)3-5-11/h2-8H,1H3. The molecule has 0 aliphatic heterocycles. The summed E-state index contributed by atoms with van der Waals surface area (Å²) >= 11 is 3.37. The topological polar surface area (TPSA) is 30.0 Å². The fraction of sp³-hybridized carbons (Fsp3) is 0.0769. The highest BCUT2D eigenvalue weighted by atomic mass is 79.9. The van der Waals surface area contributed by atoms with Crippen LogP contribution in [0.1, 0.15) is 15.9 Å². The largest absolute Gasteiger partial charge is 0.298 e. The number of nitrogens with zero attached hydrogens (tertiary/aromatic N) is 1. The first-order valence-electron chi connectivity index (χ1n) is 4.88. The van der Waals surface area contributed by atoms with E-state index in [9.17, 15) is 4.79 Å². The summed E-state index contributed by atoms with van der Waals surface area (Å²) in [5.41, 5.74) is 3.90. The Labute approximate surface area is 102 Å². The molecular formula is C13H10BrNO. The van der Waals surface area contributed by atoms with Crippen LogP contribution >= 0.6 is 15.9 Å². The maximum atomic E-state index is 10.5. The minimum atomic E-state index is 0.686. The number of hydrogen-bond acceptors (Lipinski definition) is 2. The number of aldehydes is 1. The summed E-state index contributed by atoms with van der Waals surface area (Å²) in [6, 6.07) is 9.52. The van der Waals surface area contributed by atoms with Crippen molar-refractivity contribution in [2.24, 2.45) is 0 Å². The number of carbonyl (C=O) groups excluding carboxylic acids is 1. The van der Waals surface area contributed by atoms with Crippen molar-refractivity contribution < 1.29 is 4.79 Å². The van der Waals surface area contributed by atoms with Gasteiger partial charge in [-0.2, -0.15) is 0 Å². The zero-order valence-electron chi connectivity index (χ0n) is 8.77. The van der Waals surface area contributed by atoms with E-state index in [1.165, 1.54) is 0 Å². The summed E-state index contributed by atoms with van der Waals surface area (Å²) < 4.78 is 0.862. The predicted octanol–water partition coefficient (Wildman–Crippen LogP) is 3.63. The molecule has 3 heteroatoms. The molecule has 0 saturated carbocycles. The molecule has 1 aromatic heterocycles. The van der Waals surface area contributed by atoms with Crippen LogP contribution in [0.25, 0.3) is 11.1 Å². The fourth-order valence-corrected chi connectivity index (χ4v) is 1.69. The zero-order valence-corrected chi connectivity index (χ0v) is 10.4. The van der Waals surface area contributed by atoms with Crippen LogP contribution in [0.15, 0.2) is 41.1 Å². The molecule has 2 nitrogen and oxygen atoms in total. The van der Waals surface area contributed by atoms with Crippen molar-refractivity contribution in [2.45, 2.75) is 6.92 Å². The lowest BCUT2D eigenvalue weighted by molar-refractivity contribution is 0.112. The van der Waals surface area contributed by atoms with Gasteiger partial charge in [0.15, 0.2) is 0 Å². The molecule has 0 radical (unpaired) electrons. The highest BCUT2D eigenvalue weighted by Gasteiger charge is 2.01. The molecular weight excluding hydrogens is 266 g/mol. The maximum absolute atomic E-state index is 10.5. The normalized spacial score (nSPS) is 10.1. The molecule has 0 aliphatic carbocycles. The van der Waals surface area contributed by atoms with Gasteiger partial charge in [-0.15, -0.1) is 0 Å². The third kappa shape index (κ3) is 2.19.